The second-order valence-electron chi connectivity index (χ2n) is 3.90. The molecule has 6 heteroatoms. The maximum absolute atomic E-state index is 10.8. The summed E-state index contributed by atoms with van der Waals surface area (Å²) in [5.74, 6) is -1.01. The van der Waals surface area contributed by atoms with E-state index in [0.717, 1.165) is 0 Å². The van der Waals surface area contributed by atoms with Gasteiger partial charge in [-0.3, -0.25) is 4.79 Å². The lowest BCUT2D eigenvalue weighted by molar-refractivity contribution is -0.118. The summed E-state index contributed by atoms with van der Waals surface area (Å²) < 4.78 is 0. The number of hydrogen-bond acceptors (Lipinski definition) is 4. The van der Waals surface area contributed by atoms with Crippen molar-refractivity contribution in [3.05, 3.63) is 23.4 Å². The molecule has 6 nitrogen and oxygen atoms in total. The van der Waals surface area contributed by atoms with E-state index in [2.05, 4.69) is 10.3 Å². The monoisotopic (exact) mass is 237 g/mol. The number of anilines is 1. The lowest BCUT2D eigenvalue weighted by atomic mass is 10.2. The van der Waals surface area contributed by atoms with E-state index in [1.807, 2.05) is 0 Å². The molecule has 0 aliphatic heterocycles. The van der Waals surface area contributed by atoms with E-state index in [-0.39, 0.29) is 18.0 Å². The van der Waals surface area contributed by atoms with E-state index < -0.39 is 11.9 Å². The minimum absolute atomic E-state index is 0.159. The highest BCUT2D eigenvalue weighted by atomic mass is 16.4. The third-order valence-corrected chi connectivity index (χ3v) is 2.10. The van der Waals surface area contributed by atoms with Crippen LogP contribution in [0.3, 0.4) is 0 Å². The molecule has 0 aliphatic carbocycles. The molecular weight excluding hydrogens is 222 g/mol. The highest BCUT2D eigenvalue weighted by Gasteiger charge is 2.10. The Balaban J connectivity index is 2.84. The van der Waals surface area contributed by atoms with Crippen molar-refractivity contribution in [2.24, 2.45) is 5.73 Å². The summed E-state index contributed by atoms with van der Waals surface area (Å²) in [7, 11) is 0. The number of carboxylic acids is 1. The molecule has 0 aromatic carbocycles. The average Bonchev–Trinajstić information content (AvgIpc) is 2.14. The normalized spacial score (nSPS) is 11.9. The molecule has 0 bridgehead atoms. The standard InChI is InChI=1S/C11H15N3O3/c1-6-3-8(11(16)17)5-10(13-6)14-7(2)4-9(12)15/h3,5,7H,4H2,1-2H3,(H2,12,15)(H,13,14)(H,16,17). The Hall–Kier alpha value is -2.11. The molecule has 4 N–H and O–H groups in total. The van der Waals surface area contributed by atoms with E-state index in [1.54, 1.807) is 13.8 Å². The fraction of sp³-hybridized carbons (Fsp3) is 0.364. The number of carbonyl (C=O) groups excluding carboxylic acids is 1. The zero-order valence-corrected chi connectivity index (χ0v) is 9.73. The van der Waals surface area contributed by atoms with Crippen LogP contribution >= 0.6 is 0 Å². The lowest BCUT2D eigenvalue weighted by Gasteiger charge is -2.13. The van der Waals surface area contributed by atoms with Crippen LogP contribution in [0.4, 0.5) is 5.82 Å². The van der Waals surface area contributed by atoms with Crippen molar-refractivity contribution in [1.82, 2.24) is 4.98 Å². The number of nitrogens with zero attached hydrogens (tertiary/aromatic N) is 1. The average molecular weight is 237 g/mol. The number of carbonyl (C=O) groups is 2. The maximum atomic E-state index is 10.8. The molecule has 1 aromatic heterocycles. The number of aromatic carboxylic acids is 1. The van der Waals surface area contributed by atoms with E-state index in [1.165, 1.54) is 12.1 Å². The molecule has 0 spiro atoms. The summed E-state index contributed by atoms with van der Waals surface area (Å²) in [4.78, 5) is 25.7. The molecule has 0 aliphatic rings. The highest BCUT2D eigenvalue weighted by Crippen LogP contribution is 2.12. The van der Waals surface area contributed by atoms with E-state index >= 15 is 0 Å². The van der Waals surface area contributed by atoms with Crippen molar-refractivity contribution in [1.29, 1.82) is 0 Å². The SMILES string of the molecule is Cc1cc(C(=O)O)cc(NC(C)CC(N)=O)n1. The van der Waals surface area contributed by atoms with Crippen molar-refractivity contribution in [3.63, 3.8) is 0 Å². The highest BCUT2D eigenvalue weighted by molar-refractivity contribution is 5.88. The predicted molar refractivity (Wildman–Crippen MR) is 62.8 cm³/mol. The minimum Gasteiger partial charge on any atom is -0.478 e. The van der Waals surface area contributed by atoms with Crippen molar-refractivity contribution >= 4 is 17.7 Å². The zero-order chi connectivity index (χ0) is 13.0. The Bertz CT molecular complexity index is 446. The number of primary amides is 1. The van der Waals surface area contributed by atoms with Gasteiger partial charge in [0.1, 0.15) is 5.82 Å². The number of nitrogens with one attached hydrogen (secondary N) is 1. The van der Waals surface area contributed by atoms with Crippen LogP contribution < -0.4 is 11.1 Å². The second-order valence-corrected chi connectivity index (χ2v) is 3.90. The Morgan fingerprint density at radius 2 is 2.18 bits per heavy atom. The number of hydrogen-bond donors (Lipinski definition) is 3. The lowest BCUT2D eigenvalue weighted by Crippen LogP contribution is -2.24. The van der Waals surface area contributed by atoms with Gasteiger partial charge in [0.25, 0.3) is 0 Å². The maximum Gasteiger partial charge on any atom is 0.335 e. The first-order valence-electron chi connectivity index (χ1n) is 5.15. The van der Waals surface area contributed by atoms with Crippen LogP contribution in [0.15, 0.2) is 12.1 Å². The number of aromatic nitrogens is 1. The van der Waals surface area contributed by atoms with Crippen LogP contribution in [0.5, 0.6) is 0 Å². The fourth-order valence-corrected chi connectivity index (χ4v) is 1.47. The summed E-state index contributed by atoms with van der Waals surface area (Å²) in [6, 6.07) is 2.71. The van der Waals surface area contributed by atoms with Gasteiger partial charge in [-0.1, -0.05) is 0 Å². The van der Waals surface area contributed by atoms with Gasteiger partial charge in [0.05, 0.1) is 5.56 Å². The molecule has 92 valence electrons. The first kappa shape index (κ1) is 13.0. The second kappa shape index (κ2) is 5.29. The van der Waals surface area contributed by atoms with Crippen LogP contribution in [0, 0.1) is 6.92 Å². The van der Waals surface area contributed by atoms with Gasteiger partial charge in [-0.05, 0) is 26.0 Å². The Kier molecular flexibility index (Phi) is 4.03. The van der Waals surface area contributed by atoms with Crippen LogP contribution in [0.25, 0.3) is 0 Å². The summed E-state index contributed by atoms with van der Waals surface area (Å²) in [6.45, 7) is 3.48. The topological polar surface area (TPSA) is 105 Å². The summed E-state index contributed by atoms with van der Waals surface area (Å²) >= 11 is 0. The number of nitrogens with two attached hydrogens (primary N) is 1. The van der Waals surface area contributed by atoms with Gasteiger partial charge in [-0.25, -0.2) is 9.78 Å². The molecule has 1 atom stereocenters. The quantitative estimate of drug-likeness (QED) is 0.701. The largest absolute Gasteiger partial charge is 0.478 e. The number of carboxylic acid groups (broad SMARTS) is 1. The van der Waals surface area contributed by atoms with E-state index in [4.69, 9.17) is 10.8 Å². The predicted octanol–water partition coefficient (Wildman–Crippen LogP) is 0.764. The van der Waals surface area contributed by atoms with E-state index in [0.29, 0.717) is 11.5 Å². The first-order chi connectivity index (χ1) is 7.88. The smallest absolute Gasteiger partial charge is 0.335 e. The molecule has 0 radical (unpaired) electrons. The van der Waals surface area contributed by atoms with Gasteiger partial charge < -0.3 is 16.2 Å². The summed E-state index contributed by atoms with van der Waals surface area (Å²) in [5.41, 5.74) is 5.82. The van der Waals surface area contributed by atoms with Crippen molar-refractivity contribution < 1.29 is 14.7 Å². The van der Waals surface area contributed by atoms with Crippen LogP contribution in [0.1, 0.15) is 29.4 Å². The molecular formula is C11H15N3O3. The van der Waals surface area contributed by atoms with Crippen LogP contribution in [-0.4, -0.2) is 28.0 Å². The Labute approximate surface area is 98.8 Å². The molecule has 1 amide bonds. The Morgan fingerprint density at radius 3 is 2.71 bits per heavy atom. The number of pyridine rings is 1. The zero-order valence-electron chi connectivity index (χ0n) is 9.73. The van der Waals surface area contributed by atoms with Gasteiger partial charge in [-0.15, -0.1) is 0 Å². The first-order valence-corrected chi connectivity index (χ1v) is 5.15. The fourth-order valence-electron chi connectivity index (χ4n) is 1.47. The number of rotatable bonds is 5. The summed E-state index contributed by atoms with van der Waals surface area (Å²) in [6.07, 6.45) is 0.165. The third kappa shape index (κ3) is 4.10. The number of aryl methyl sites for hydroxylation is 1. The van der Waals surface area contributed by atoms with Crippen LogP contribution in [-0.2, 0) is 4.79 Å². The molecule has 1 heterocycles. The van der Waals surface area contributed by atoms with Gasteiger partial charge in [-0.2, -0.15) is 0 Å². The summed E-state index contributed by atoms with van der Waals surface area (Å²) in [5, 5.41) is 11.8. The molecule has 1 rings (SSSR count). The number of amides is 1. The van der Waals surface area contributed by atoms with Crippen LogP contribution in [0.2, 0.25) is 0 Å². The van der Waals surface area contributed by atoms with Gasteiger partial charge in [0.2, 0.25) is 5.91 Å². The van der Waals surface area contributed by atoms with Gasteiger partial charge >= 0.3 is 5.97 Å². The molecule has 17 heavy (non-hydrogen) atoms. The molecule has 0 saturated carbocycles. The van der Waals surface area contributed by atoms with Gasteiger partial charge in [0, 0.05) is 18.2 Å². The third-order valence-electron chi connectivity index (χ3n) is 2.10. The van der Waals surface area contributed by atoms with Gasteiger partial charge in [0.15, 0.2) is 0 Å². The van der Waals surface area contributed by atoms with Crippen molar-refractivity contribution in [2.75, 3.05) is 5.32 Å². The van der Waals surface area contributed by atoms with Crippen molar-refractivity contribution in [3.8, 4) is 0 Å². The van der Waals surface area contributed by atoms with Crippen molar-refractivity contribution in [2.45, 2.75) is 26.3 Å². The molecule has 0 fully saturated rings. The molecule has 1 aromatic rings. The Morgan fingerprint density at radius 1 is 1.53 bits per heavy atom. The van der Waals surface area contributed by atoms with E-state index in [9.17, 15) is 9.59 Å². The molecule has 0 saturated heterocycles. The molecule has 1 unspecified atom stereocenters. The minimum atomic E-state index is -1.01.